The Hall–Kier alpha value is -4.19. The number of ether oxygens (including phenoxy) is 1. The Morgan fingerprint density at radius 1 is 0.800 bits per heavy atom. The number of aliphatic hydroxyl groups excluding tert-OH is 1. The van der Waals surface area contributed by atoms with Crippen molar-refractivity contribution in [3.8, 4) is 11.5 Å². The zero-order chi connectivity index (χ0) is 23.5. The summed E-state index contributed by atoms with van der Waals surface area (Å²) in [6, 6.07) is 31.6. The molecule has 4 nitrogen and oxygen atoms in total. The van der Waals surface area contributed by atoms with Gasteiger partial charge in [-0.15, -0.1) is 11.3 Å². The van der Waals surface area contributed by atoms with E-state index < -0.39 is 6.10 Å². The van der Waals surface area contributed by atoms with E-state index in [-0.39, 0.29) is 5.78 Å². The van der Waals surface area contributed by atoms with Crippen LogP contribution in [0.4, 0.5) is 16.4 Å². The fourth-order valence-electron chi connectivity index (χ4n) is 5.00. The van der Waals surface area contributed by atoms with Crippen molar-refractivity contribution in [2.75, 3.05) is 4.90 Å². The lowest BCUT2D eigenvalue weighted by atomic mass is 10.00. The van der Waals surface area contributed by atoms with Gasteiger partial charge in [0.1, 0.15) is 11.1 Å². The summed E-state index contributed by atoms with van der Waals surface area (Å²) in [4.78, 5) is 16.3. The fourth-order valence-corrected chi connectivity index (χ4v) is 5.99. The van der Waals surface area contributed by atoms with Crippen LogP contribution in [0.15, 0.2) is 103 Å². The van der Waals surface area contributed by atoms with Crippen molar-refractivity contribution in [2.45, 2.75) is 6.10 Å². The molecular formula is C30H19NO3S. The molecule has 1 aliphatic heterocycles. The number of fused-ring (bicyclic) bond motifs is 5. The molecule has 4 aromatic carbocycles. The molecule has 1 atom stereocenters. The Bertz CT molecular complexity index is 1640. The first-order valence-electron chi connectivity index (χ1n) is 11.4. The number of thiophene rings is 1. The number of carbonyl (C=O) groups excluding carboxylic acids is 1. The van der Waals surface area contributed by atoms with Crippen molar-refractivity contribution in [2.24, 2.45) is 0 Å². The number of aliphatic hydroxyl groups is 1. The van der Waals surface area contributed by atoms with Crippen LogP contribution in [0.25, 0.3) is 16.8 Å². The first kappa shape index (κ1) is 20.2. The minimum absolute atomic E-state index is 0.115. The third-order valence-corrected chi connectivity index (χ3v) is 7.63. The van der Waals surface area contributed by atoms with Crippen molar-refractivity contribution in [3.05, 3.63) is 119 Å². The first-order valence-corrected chi connectivity index (χ1v) is 12.2. The van der Waals surface area contributed by atoms with Crippen LogP contribution < -0.4 is 9.64 Å². The van der Waals surface area contributed by atoms with Gasteiger partial charge in [0.25, 0.3) is 0 Å². The van der Waals surface area contributed by atoms with Crippen molar-refractivity contribution < 1.29 is 14.6 Å². The van der Waals surface area contributed by atoms with Crippen LogP contribution >= 0.6 is 11.3 Å². The first-order chi connectivity index (χ1) is 17.2. The number of Topliss-reactive ketones (excluding diaryl/α,β-unsaturated/α-hetero) is 1. The van der Waals surface area contributed by atoms with Gasteiger partial charge in [-0.3, -0.25) is 9.69 Å². The van der Waals surface area contributed by atoms with E-state index in [0.29, 0.717) is 16.7 Å². The molecule has 0 spiro atoms. The van der Waals surface area contributed by atoms with E-state index in [1.165, 1.54) is 0 Å². The van der Waals surface area contributed by atoms with E-state index in [2.05, 4.69) is 4.90 Å². The van der Waals surface area contributed by atoms with Gasteiger partial charge in [0.05, 0.1) is 11.4 Å². The van der Waals surface area contributed by atoms with E-state index in [0.717, 1.165) is 43.5 Å². The summed E-state index contributed by atoms with van der Waals surface area (Å²) in [6.07, 6.45) is 0.882. The van der Waals surface area contributed by atoms with Crippen molar-refractivity contribution in [1.29, 1.82) is 0 Å². The van der Waals surface area contributed by atoms with Gasteiger partial charge in [-0.05, 0) is 53.2 Å². The summed E-state index contributed by atoms with van der Waals surface area (Å²) in [7, 11) is 0. The minimum atomic E-state index is -0.945. The normalized spacial score (nSPS) is 17.3. The van der Waals surface area contributed by atoms with Gasteiger partial charge >= 0.3 is 0 Å². The van der Waals surface area contributed by atoms with E-state index in [1.54, 1.807) is 11.3 Å². The van der Waals surface area contributed by atoms with Crippen molar-refractivity contribution in [3.63, 3.8) is 0 Å². The highest BCUT2D eigenvalue weighted by atomic mass is 32.1. The average Bonchev–Trinajstić information content (AvgIpc) is 3.45. The maximum absolute atomic E-state index is 13.2. The molecule has 0 bridgehead atoms. The number of hydrogen-bond acceptors (Lipinski definition) is 5. The molecule has 7 rings (SSSR count). The van der Waals surface area contributed by atoms with Crippen LogP contribution in [-0.4, -0.2) is 10.9 Å². The highest BCUT2D eigenvalue weighted by Crippen LogP contribution is 2.52. The monoisotopic (exact) mass is 473 g/mol. The SMILES string of the molecule is O=C1/C(=C\c2ccc(N3c4ccccc4Oc4ccccc43)s2)C(O)c2c1ccc1ccccc21. The van der Waals surface area contributed by atoms with E-state index in [4.69, 9.17) is 4.74 Å². The second-order valence-corrected chi connectivity index (χ2v) is 9.72. The highest BCUT2D eigenvalue weighted by Gasteiger charge is 2.35. The molecule has 0 saturated heterocycles. The van der Waals surface area contributed by atoms with E-state index >= 15 is 0 Å². The topological polar surface area (TPSA) is 49.8 Å². The number of para-hydroxylation sites is 4. The lowest BCUT2D eigenvalue weighted by Crippen LogP contribution is -2.14. The summed E-state index contributed by atoms with van der Waals surface area (Å²) in [6.45, 7) is 0. The molecule has 1 aromatic heterocycles. The molecule has 0 amide bonds. The third kappa shape index (κ3) is 3.06. The predicted molar refractivity (Wildman–Crippen MR) is 140 cm³/mol. The summed E-state index contributed by atoms with van der Waals surface area (Å²) < 4.78 is 6.12. The quantitative estimate of drug-likeness (QED) is 0.261. The number of ketones is 1. The Morgan fingerprint density at radius 3 is 2.26 bits per heavy atom. The van der Waals surface area contributed by atoms with Gasteiger partial charge in [-0.25, -0.2) is 0 Å². The molecule has 0 radical (unpaired) electrons. The Labute approximate surface area is 206 Å². The molecule has 1 aliphatic carbocycles. The molecule has 0 fully saturated rings. The van der Waals surface area contributed by atoms with E-state index in [1.807, 2.05) is 103 Å². The molecule has 35 heavy (non-hydrogen) atoms. The van der Waals surface area contributed by atoms with Crippen LogP contribution in [0.2, 0.25) is 0 Å². The van der Waals surface area contributed by atoms with Gasteiger partial charge in [-0.2, -0.15) is 0 Å². The van der Waals surface area contributed by atoms with Gasteiger partial charge in [0.15, 0.2) is 17.3 Å². The maximum atomic E-state index is 13.2. The minimum Gasteiger partial charge on any atom is -0.453 e. The molecule has 0 saturated carbocycles. The van der Waals surface area contributed by atoms with Crippen LogP contribution in [0.3, 0.4) is 0 Å². The molecule has 5 heteroatoms. The molecule has 1 N–H and O–H groups in total. The largest absolute Gasteiger partial charge is 0.453 e. The zero-order valence-corrected chi connectivity index (χ0v) is 19.3. The lowest BCUT2D eigenvalue weighted by molar-refractivity contribution is 0.102. The standard InChI is InChI=1S/C30H19NO3S/c32-29-21-15-13-18-7-1-2-8-20(18)28(21)30(33)22(29)17-19-14-16-27(35-19)31-23-9-3-5-11-25(23)34-26-12-6-4-10-24(26)31/h1-17,30,33H/b22-17+. The van der Waals surface area contributed by atoms with Gasteiger partial charge in [0.2, 0.25) is 0 Å². The number of hydrogen-bond donors (Lipinski definition) is 1. The summed E-state index contributed by atoms with van der Waals surface area (Å²) in [5, 5.41) is 14.1. The van der Waals surface area contributed by atoms with Crippen LogP contribution in [0.1, 0.15) is 26.9 Å². The van der Waals surface area contributed by atoms with Gasteiger partial charge in [0, 0.05) is 21.6 Å². The van der Waals surface area contributed by atoms with Crippen LogP contribution in [-0.2, 0) is 0 Å². The predicted octanol–water partition coefficient (Wildman–Crippen LogP) is 7.79. The summed E-state index contributed by atoms with van der Waals surface area (Å²) in [5.41, 5.74) is 3.61. The summed E-state index contributed by atoms with van der Waals surface area (Å²) in [5.74, 6) is 1.47. The van der Waals surface area contributed by atoms with Gasteiger partial charge < -0.3 is 9.84 Å². The Morgan fingerprint density at radius 2 is 1.49 bits per heavy atom. The molecule has 2 heterocycles. The summed E-state index contributed by atoms with van der Waals surface area (Å²) >= 11 is 1.57. The molecule has 5 aromatic rings. The Balaban J connectivity index is 1.31. The average molecular weight is 474 g/mol. The third-order valence-electron chi connectivity index (χ3n) is 6.61. The second kappa shape index (κ2) is 7.67. The van der Waals surface area contributed by atoms with Crippen molar-refractivity contribution >= 4 is 50.3 Å². The number of nitrogens with zero attached hydrogens (tertiary/aromatic N) is 1. The maximum Gasteiger partial charge on any atom is 0.192 e. The van der Waals surface area contributed by atoms with Gasteiger partial charge in [-0.1, -0.05) is 60.7 Å². The Kier molecular flexibility index (Phi) is 4.43. The smallest absolute Gasteiger partial charge is 0.192 e. The molecular weight excluding hydrogens is 454 g/mol. The molecule has 1 unspecified atom stereocenters. The van der Waals surface area contributed by atoms with Crippen molar-refractivity contribution in [1.82, 2.24) is 0 Å². The number of carbonyl (C=O) groups is 1. The van der Waals surface area contributed by atoms with Crippen LogP contribution in [0, 0.1) is 0 Å². The van der Waals surface area contributed by atoms with Crippen LogP contribution in [0.5, 0.6) is 11.5 Å². The van der Waals surface area contributed by atoms with E-state index in [9.17, 15) is 9.90 Å². The molecule has 168 valence electrons. The zero-order valence-electron chi connectivity index (χ0n) is 18.5. The molecule has 2 aliphatic rings. The second-order valence-electron chi connectivity index (χ2n) is 8.63. The number of rotatable bonds is 2. The lowest BCUT2D eigenvalue weighted by Gasteiger charge is -2.31. The number of benzene rings is 4. The number of anilines is 3. The fraction of sp³-hybridized carbons (Fsp3) is 0.0333. The highest BCUT2D eigenvalue weighted by molar-refractivity contribution is 7.17.